The van der Waals surface area contributed by atoms with Gasteiger partial charge >= 0.3 is 0 Å². The average molecular weight is 319 g/mol. The summed E-state index contributed by atoms with van der Waals surface area (Å²) >= 11 is 0. The second kappa shape index (κ2) is 7.42. The topological polar surface area (TPSA) is 55.4 Å². The zero-order valence-corrected chi connectivity index (χ0v) is 13.7. The monoisotopic (exact) mass is 319 g/mol. The van der Waals surface area contributed by atoms with Gasteiger partial charge in [0.05, 0.1) is 12.0 Å². The van der Waals surface area contributed by atoms with Crippen molar-refractivity contribution in [2.75, 3.05) is 13.7 Å². The van der Waals surface area contributed by atoms with Gasteiger partial charge in [0, 0.05) is 6.54 Å². The third kappa shape index (κ3) is 4.58. The fourth-order valence-corrected chi connectivity index (χ4v) is 3.17. The number of methoxy groups -OCH3 is 1. The van der Waals surface area contributed by atoms with Crippen molar-refractivity contribution in [1.29, 1.82) is 0 Å². The molecule has 0 spiro atoms. The highest BCUT2D eigenvalue weighted by Gasteiger charge is 2.12. The van der Waals surface area contributed by atoms with Crippen LogP contribution in [0.1, 0.15) is 17.5 Å². The highest BCUT2D eigenvalue weighted by atomic mass is 32.2. The fourth-order valence-electron chi connectivity index (χ4n) is 2.09. The van der Waals surface area contributed by atoms with Crippen LogP contribution in [0, 0.1) is 6.92 Å². The predicted octanol–water partition coefficient (Wildman–Crippen LogP) is 2.91. The van der Waals surface area contributed by atoms with Gasteiger partial charge in [-0.15, -0.1) is 0 Å². The number of aryl methyl sites for hydroxylation is 2. The lowest BCUT2D eigenvalue weighted by Crippen LogP contribution is -2.25. The fraction of sp³-hybridized carbons (Fsp3) is 0.294. The minimum atomic E-state index is -3.45. The second-order valence-electron chi connectivity index (χ2n) is 5.16. The minimum absolute atomic E-state index is 0.253. The molecule has 1 N–H and O–H groups in total. The molecule has 22 heavy (non-hydrogen) atoms. The SMILES string of the molecule is COc1ccc(S(=O)(=O)NCCCc2ccc(C)cc2)cc1. The maximum Gasteiger partial charge on any atom is 0.240 e. The van der Waals surface area contributed by atoms with Crippen molar-refractivity contribution in [2.24, 2.45) is 0 Å². The molecule has 4 nitrogen and oxygen atoms in total. The van der Waals surface area contributed by atoms with E-state index in [0.29, 0.717) is 12.3 Å². The molecule has 0 saturated heterocycles. The first-order valence-corrected chi connectivity index (χ1v) is 8.69. The van der Waals surface area contributed by atoms with Crippen LogP contribution in [0.15, 0.2) is 53.4 Å². The first-order chi connectivity index (χ1) is 10.5. The van der Waals surface area contributed by atoms with Crippen molar-refractivity contribution in [2.45, 2.75) is 24.7 Å². The lowest BCUT2D eigenvalue weighted by Gasteiger charge is -2.08. The standard InChI is InChI=1S/C17H21NO3S/c1-14-5-7-15(8-6-14)4-3-13-18-22(19,20)17-11-9-16(21-2)10-12-17/h5-12,18H,3-4,13H2,1-2H3. The number of ether oxygens (including phenoxy) is 1. The zero-order valence-electron chi connectivity index (χ0n) is 12.9. The van der Waals surface area contributed by atoms with Crippen LogP contribution in [0.3, 0.4) is 0 Å². The van der Waals surface area contributed by atoms with Crippen molar-refractivity contribution >= 4 is 10.0 Å². The van der Waals surface area contributed by atoms with E-state index < -0.39 is 10.0 Å². The van der Waals surface area contributed by atoms with Crippen LogP contribution in [0.25, 0.3) is 0 Å². The van der Waals surface area contributed by atoms with E-state index >= 15 is 0 Å². The van der Waals surface area contributed by atoms with Gasteiger partial charge < -0.3 is 4.74 Å². The van der Waals surface area contributed by atoms with Crippen LogP contribution < -0.4 is 9.46 Å². The maximum atomic E-state index is 12.1. The van der Waals surface area contributed by atoms with E-state index in [9.17, 15) is 8.42 Å². The summed E-state index contributed by atoms with van der Waals surface area (Å²) in [6, 6.07) is 14.7. The molecular formula is C17H21NO3S. The third-order valence-corrected chi connectivity index (χ3v) is 4.90. The average Bonchev–Trinajstić information content (AvgIpc) is 2.53. The van der Waals surface area contributed by atoms with Crippen LogP contribution in [0.4, 0.5) is 0 Å². The molecule has 5 heteroatoms. The summed E-state index contributed by atoms with van der Waals surface area (Å²) in [5, 5.41) is 0. The molecule has 0 aromatic heterocycles. The summed E-state index contributed by atoms with van der Waals surface area (Å²) in [6.07, 6.45) is 1.61. The summed E-state index contributed by atoms with van der Waals surface area (Å²) in [5.41, 5.74) is 2.44. The summed E-state index contributed by atoms with van der Waals surface area (Å²) < 4.78 is 31.9. The van der Waals surface area contributed by atoms with Gasteiger partial charge in [-0.2, -0.15) is 0 Å². The number of hydrogen-bond donors (Lipinski definition) is 1. The molecule has 0 radical (unpaired) electrons. The van der Waals surface area contributed by atoms with Gasteiger partial charge in [0.1, 0.15) is 5.75 Å². The highest BCUT2D eigenvalue weighted by molar-refractivity contribution is 7.89. The Morgan fingerprint density at radius 2 is 1.64 bits per heavy atom. The lowest BCUT2D eigenvalue weighted by atomic mass is 10.1. The van der Waals surface area contributed by atoms with Crippen molar-refractivity contribution in [1.82, 2.24) is 4.72 Å². The van der Waals surface area contributed by atoms with E-state index in [4.69, 9.17) is 4.74 Å². The van der Waals surface area contributed by atoms with Crippen molar-refractivity contribution in [3.63, 3.8) is 0 Å². The van der Waals surface area contributed by atoms with Gasteiger partial charge in [-0.3, -0.25) is 0 Å². The summed E-state index contributed by atoms with van der Waals surface area (Å²) in [6.45, 7) is 2.47. The number of benzene rings is 2. The number of sulfonamides is 1. The largest absolute Gasteiger partial charge is 0.497 e. The molecule has 0 bridgehead atoms. The molecule has 0 aliphatic rings. The van der Waals surface area contributed by atoms with E-state index in [-0.39, 0.29) is 4.90 Å². The smallest absolute Gasteiger partial charge is 0.240 e. The molecular weight excluding hydrogens is 298 g/mol. The van der Waals surface area contributed by atoms with Crippen LogP contribution in [0.2, 0.25) is 0 Å². The number of rotatable bonds is 7. The van der Waals surface area contributed by atoms with Gasteiger partial charge in [-0.05, 0) is 49.6 Å². The van der Waals surface area contributed by atoms with Crippen LogP contribution >= 0.6 is 0 Å². The first kappa shape index (κ1) is 16.5. The normalized spacial score (nSPS) is 11.4. The van der Waals surface area contributed by atoms with Gasteiger partial charge in [0.2, 0.25) is 10.0 Å². The lowest BCUT2D eigenvalue weighted by molar-refractivity contribution is 0.414. The van der Waals surface area contributed by atoms with Crippen LogP contribution in [-0.2, 0) is 16.4 Å². The molecule has 0 amide bonds. The Balaban J connectivity index is 1.85. The first-order valence-electron chi connectivity index (χ1n) is 7.20. The second-order valence-corrected chi connectivity index (χ2v) is 6.93. The van der Waals surface area contributed by atoms with E-state index in [0.717, 1.165) is 12.8 Å². The Morgan fingerprint density at radius 3 is 2.23 bits per heavy atom. The van der Waals surface area contributed by atoms with Crippen molar-refractivity contribution in [3.05, 3.63) is 59.7 Å². The molecule has 118 valence electrons. The third-order valence-electron chi connectivity index (χ3n) is 3.42. The Labute approximate surface area is 132 Å². The van der Waals surface area contributed by atoms with Crippen LogP contribution in [0.5, 0.6) is 5.75 Å². The Kier molecular flexibility index (Phi) is 5.57. The summed E-state index contributed by atoms with van der Waals surface area (Å²) in [5.74, 6) is 0.637. The molecule has 0 fully saturated rings. The van der Waals surface area contributed by atoms with E-state index in [1.54, 1.807) is 31.4 Å². The molecule has 0 unspecified atom stereocenters. The van der Waals surface area contributed by atoms with Crippen LogP contribution in [-0.4, -0.2) is 22.1 Å². The van der Waals surface area contributed by atoms with Gasteiger partial charge in [-0.25, -0.2) is 13.1 Å². The van der Waals surface area contributed by atoms with Gasteiger partial charge in [0.15, 0.2) is 0 Å². The predicted molar refractivity (Wildman–Crippen MR) is 87.7 cm³/mol. The number of hydrogen-bond acceptors (Lipinski definition) is 3. The van der Waals surface area contributed by atoms with Gasteiger partial charge in [0.25, 0.3) is 0 Å². The maximum absolute atomic E-state index is 12.1. The summed E-state index contributed by atoms with van der Waals surface area (Å²) in [7, 11) is -1.90. The number of nitrogens with one attached hydrogen (secondary N) is 1. The Morgan fingerprint density at radius 1 is 1.00 bits per heavy atom. The molecule has 2 aromatic carbocycles. The molecule has 0 saturated carbocycles. The molecule has 0 aliphatic carbocycles. The quantitative estimate of drug-likeness (QED) is 0.798. The molecule has 2 rings (SSSR count). The summed E-state index contributed by atoms with van der Waals surface area (Å²) in [4.78, 5) is 0.253. The molecule has 0 aliphatic heterocycles. The minimum Gasteiger partial charge on any atom is -0.497 e. The van der Waals surface area contributed by atoms with E-state index in [1.807, 2.05) is 6.92 Å². The Hall–Kier alpha value is -1.85. The highest BCUT2D eigenvalue weighted by Crippen LogP contribution is 2.15. The molecule has 2 aromatic rings. The van der Waals surface area contributed by atoms with Crippen molar-refractivity contribution < 1.29 is 13.2 Å². The molecule has 0 heterocycles. The van der Waals surface area contributed by atoms with E-state index in [1.165, 1.54) is 11.1 Å². The zero-order chi connectivity index (χ0) is 16.0. The van der Waals surface area contributed by atoms with E-state index in [2.05, 4.69) is 29.0 Å². The van der Waals surface area contributed by atoms with Gasteiger partial charge in [-0.1, -0.05) is 29.8 Å². The van der Waals surface area contributed by atoms with Crippen molar-refractivity contribution in [3.8, 4) is 5.75 Å². The Bertz CT molecular complexity index is 692. The molecule has 0 atom stereocenters.